The summed E-state index contributed by atoms with van der Waals surface area (Å²) in [7, 11) is 0. The zero-order valence-electron chi connectivity index (χ0n) is 18.2. The molecule has 4 nitrogen and oxygen atoms in total. The minimum atomic E-state index is -0.887. The van der Waals surface area contributed by atoms with Crippen molar-refractivity contribution in [2.24, 2.45) is 0 Å². The Bertz CT molecular complexity index is 304. The van der Waals surface area contributed by atoms with Gasteiger partial charge in [-0.15, -0.1) is 0 Å². The molecule has 0 aliphatic carbocycles. The fraction of sp³-hybridized carbons (Fsp3) is 1.00. The van der Waals surface area contributed by atoms with Gasteiger partial charge in [0, 0.05) is 6.42 Å². The highest BCUT2D eigenvalue weighted by atomic mass is 17.3. The van der Waals surface area contributed by atoms with Crippen molar-refractivity contribution in [3.05, 3.63) is 0 Å². The molecule has 25 heavy (non-hydrogen) atoms. The number of unbranched alkanes of at least 4 members (excludes halogenated alkanes) is 4. The molecule has 0 amide bonds. The van der Waals surface area contributed by atoms with Gasteiger partial charge in [-0.25, -0.2) is 9.78 Å². The van der Waals surface area contributed by atoms with E-state index in [2.05, 4.69) is 20.8 Å². The summed E-state index contributed by atoms with van der Waals surface area (Å²) in [6.45, 7) is 16.6. The van der Waals surface area contributed by atoms with Gasteiger partial charge >= 0.3 is 0 Å². The molecule has 0 aliphatic heterocycles. The van der Waals surface area contributed by atoms with Gasteiger partial charge in [-0.05, 0) is 53.9 Å². The SMILES string of the molecule is CCCCCCCC(C)(OOC(C)(C)CCC)OOC(C)(C)CCC. The predicted octanol–water partition coefficient (Wildman–Crippen LogP) is 7.12. The molecule has 0 fully saturated rings. The molecule has 0 saturated carbocycles. The molecule has 0 bridgehead atoms. The van der Waals surface area contributed by atoms with E-state index < -0.39 is 5.79 Å². The molecule has 0 aromatic heterocycles. The van der Waals surface area contributed by atoms with Crippen LogP contribution in [0.3, 0.4) is 0 Å². The normalized spacial score (nSPS) is 13.4. The van der Waals surface area contributed by atoms with Crippen LogP contribution in [0.4, 0.5) is 0 Å². The van der Waals surface area contributed by atoms with Crippen molar-refractivity contribution in [3.8, 4) is 0 Å². The second-order valence-corrected chi connectivity index (χ2v) is 8.65. The lowest BCUT2D eigenvalue weighted by Crippen LogP contribution is -2.40. The highest BCUT2D eigenvalue weighted by Crippen LogP contribution is 2.29. The first-order valence-corrected chi connectivity index (χ1v) is 10.3. The van der Waals surface area contributed by atoms with Crippen molar-refractivity contribution in [2.45, 2.75) is 137 Å². The van der Waals surface area contributed by atoms with Crippen molar-refractivity contribution < 1.29 is 19.6 Å². The molecule has 0 aromatic rings. The lowest BCUT2D eigenvalue weighted by molar-refractivity contribution is -0.540. The molecular formula is C21H44O4. The van der Waals surface area contributed by atoms with Gasteiger partial charge in [0.15, 0.2) is 0 Å². The molecule has 0 aliphatic rings. The Balaban J connectivity index is 4.67. The van der Waals surface area contributed by atoms with E-state index in [-0.39, 0.29) is 11.2 Å². The molecular weight excluding hydrogens is 316 g/mol. The molecule has 152 valence electrons. The van der Waals surface area contributed by atoms with Crippen LogP contribution >= 0.6 is 0 Å². The largest absolute Gasteiger partial charge is 0.231 e. The monoisotopic (exact) mass is 360 g/mol. The third kappa shape index (κ3) is 12.8. The summed E-state index contributed by atoms with van der Waals surface area (Å²) in [4.78, 5) is 23.0. The van der Waals surface area contributed by atoms with Gasteiger partial charge in [0.2, 0.25) is 5.79 Å². The molecule has 4 heteroatoms. The molecule has 0 radical (unpaired) electrons. The number of hydrogen-bond acceptors (Lipinski definition) is 4. The van der Waals surface area contributed by atoms with Gasteiger partial charge in [-0.2, -0.15) is 9.78 Å². The summed E-state index contributed by atoms with van der Waals surface area (Å²) in [5.41, 5.74) is -0.666. The summed E-state index contributed by atoms with van der Waals surface area (Å²) in [5.74, 6) is -0.887. The fourth-order valence-electron chi connectivity index (χ4n) is 2.84. The molecule has 0 heterocycles. The van der Waals surface area contributed by atoms with E-state index in [0.29, 0.717) is 0 Å². The van der Waals surface area contributed by atoms with Crippen LogP contribution < -0.4 is 0 Å². The topological polar surface area (TPSA) is 36.9 Å². The highest BCUT2D eigenvalue weighted by molar-refractivity contribution is 4.68. The predicted molar refractivity (Wildman–Crippen MR) is 104 cm³/mol. The van der Waals surface area contributed by atoms with Crippen LogP contribution in [0.15, 0.2) is 0 Å². The Morgan fingerprint density at radius 1 is 0.480 bits per heavy atom. The van der Waals surface area contributed by atoms with Crippen molar-refractivity contribution in [1.82, 2.24) is 0 Å². The molecule has 0 atom stereocenters. The molecule has 0 spiro atoms. The van der Waals surface area contributed by atoms with Crippen molar-refractivity contribution in [2.75, 3.05) is 0 Å². The van der Waals surface area contributed by atoms with E-state index >= 15 is 0 Å². The highest BCUT2D eigenvalue weighted by Gasteiger charge is 2.34. The third-order valence-corrected chi connectivity index (χ3v) is 4.33. The maximum Gasteiger partial charge on any atom is 0.231 e. The van der Waals surface area contributed by atoms with E-state index in [1.54, 1.807) is 0 Å². The number of hydrogen-bond donors (Lipinski definition) is 0. The van der Waals surface area contributed by atoms with E-state index in [4.69, 9.17) is 19.6 Å². The Labute approximate surface area is 156 Å². The van der Waals surface area contributed by atoms with Crippen LogP contribution in [0.1, 0.15) is 120 Å². The molecule has 0 unspecified atom stereocenters. The summed E-state index contributed by atoms with van der Waals surface area (Å²) >= 11 is 0. The van der Waals surface area contributed by atoms with Gasteiger partial charge < -0.3 is 0 Å². The van der Waals surface area contributed by atoms with Crippen LogP contribution in [0.25, 0.3) is 0 Å². The maximum absolute atomic E-state index is 5.78. The Kier molecular flexibility index (Phi) is 12.2. The summed E-state index contributed by atoms with van der Waals surface area (Å²) < 4.78 is 0. The Morgan fingerprint density at radius 3 is 1.32 bits per heavy atom. The third-order valence-electron chi connectivity index (χ3n) is 4.33. The standard InChI is InChI=1S/C21H44O4/c1-9-12-13-14-15-18-21(8,24-22-19(4,5)16-10-2)25-23-20(6,7)17-11-3/h9-18H2,1-8H3. The summed E-state index contributed by atoms with van der Waals surface area (Å²) in [6, 6.07) is 0. The lowest BCUT2D eigenvalue weighted by atomic mass is 10.0. The molecule has 0 aromatic carbocycles. The minimum Gasteiger partial charge on any atom is -0.228 e. The van der Waals surface area contributed by atoms with Crippen LogP contribution in [0.5, 0.6) is 0 Å². The smallest absolute Gasteiger partial charge is 0.228 e. The first kappa shape index (κ1) is 24.8. The fourth-order valence-corrected chi connectivity index (χ4v) is 2.84. The Morgan fingerprint density at radius 2 is 0.920 bits per heavy atom. The van der Waals surface area contributed by atoms with Crippen LogP contribution in [-0.2, 0) is 19.6 Å². The minimum absolute atomic E-state index is 0.333. The van der Waals surface area contributed by atoms with Crippen LogP contribution in [0, 0.1) is 0 Å². The second-order valence-electron chi connectivity index (χ2n) is 8.65. The maximum atomic E-state index is 5.78. The van der Waals surface area contributed by atoms with Crippen LogP contribution in [-0.4, -0.2) is 17.0 Å². The first-order chi connectivity index (χ1) is 11.6. The van der Waals surface area contributed by atoms with Crippen molar-refractivity contribution in [3.63, 3.8) is 0 Å². The second kappa shape index (κ2) is 12.3. The average molecular weight is 361 g/mol. The van der Waals surface area contributed by atoms with E-state index in [0.717, 1.165) is 38.5 Å². The van der Waals surface area contributed by atoms with E-state index in [1.807, 2.05) is 34.6 Å². The summed E-state index contributed by atoms with van der Waals surface area (Å²) in [5, 5.41) is 0. The van der Waals surface area contributed by atoms with Gasteiger partial charge in [0.25, 0.3) is 0 Å². The van der Waals surface area contributed by atoms with E-state index in [1.165, 1.54) is 25.7 Å². The van der Waals surface area contributed by atoms with Gasteiger partial charge in [-0.3, -0.25) is 0 Å². The molecule has 0 N–H and O–H groups in total. The average Bonchev–Trinajstić information content (AvgIpc) is 2.51. The van der Waals surface area contributed by atoms with E-state index in [9.17, 15) is 0 Å². The van der Waals surface area contributed by atoms with Crippen LogP contribution in [0.2, 0.25) is 0 Å². The van der Waals surface area contributed by atoms with Crippen molar-refractivity contribution >= 4 is 0 Å². The number of rotatable bonds is 16. The Hall–Kier alpha value is -0.160. The first-order valence-electron chi connectivity index (χ1n) is 10.3. The van der Waals surface area contributed by atoms with Gasteiger partial charge in [0.05, 0.1) is 11.2 Å². The molecule has 0 rings (SSSR count). The zero-order chi connectivity index (χ0) is 19.4. The summed E-state index contributed by atoms with van der Waals surface area (Å²) in [6.07, 6.45) is 10.7. The zero-order valence-corrected chi connectivity index (χ0v) is 18.2. The quantitative estimate of drug-likeness (QED) is 0.127. The molecule has 0 saturated heterocycles. The van der Waals surface area contributed by atoms with Gasteiger partial charge in [-0.1, -0.05) is 59.3 Å². The van der Waals surface area contributed by atoms with Crippen molar-refractivity contribution in [1.29, 1.82) is 0 Å². The lowest BCUT2D eigenvalue weighted by Gasteiger charge is -2.34. The van der Waals surface area contributed by atoms with Gasteiger partial charge in [0.1, 0.15) is 0 Å².